The number of carbonyl (C=O) groups is 1. The zero-order chi connectivity index (χ0) is 11.1. The fraction of sp³-hybridized carbons (Fsp3) is 0.333. The number of nitrogens with one attached hydrogen (secondary N) is 2. The van der Waals surface area contributed by atoms with Crippen LogP contribution in [0, 0.1) is 0 Å². The van der Waals surface area contributed by atoms with Gasteiger partial charge in [-0.2, -0.15) is 0 Å². The van der Waals surface area contributed by atoms with Crippen LogP contribution in [-0.4, -0.2) is 19.2 Å². The van der Waals surface area contributed by atoms with Gasteiger partial charge in [-0.3, -0.25) is 4.79 Å². The Hall–Kier alpha value is -1.78. The van der Waals surface area contributed by atoms with Crippen molar-refractivity contribution < 1.29 is 4.79 Å². The summed E-state index contributed by atoms with van der Waals surface area (Å²) in [4.78, 5) is 14.7. The fourth-order valence-electron chi connectivity index (χ4n) is 0.743. The number of nitrogens with two attached hydrogens (primary N) is 1. The van der Waals surface area contributed by atoms with Crippen LogP contribution in [0.1, 0.15) is 13.8 Å². The van der Waals surface area contributed by atoms with Gasteiger partial charge in [0, 0.05) is 20.2 Å². The average molecular weight is 196 g/mol. The van der Waals surface area contributed by atoms with E-state index in [9.17, 15) is 4.79 Å². The predicted molar refractivity (Wildman–Crippen MR) is 57.4 cm³/mol. The summed E-state index contributed by atoms with van der Waals surface area (Å²) < 4.78 is 0. The summed E-state index contributed by atoms with van der Waals surface area (Å²) in [5.74, 6) is 0.0804. The van der Waals surface area contributed by atoms with Crippen molar-refractivity contribution in [2.24, 2.45) is 10.7 Å². The van der Waals surface area contributed by atoms with Gasteiger partial charge in [0.1, 0.15) is 0 Å². The van der Waals surface area contributed by atoms with Gasteiger partial charge >= 0.3 is 0 Å². The van der Waals surface area contributed by atoms with E-state index in [1.54, 1.807) is 20.2 Å². The van der Waals surface area contributed by atoms with E-state index in [-0.39, 0.29) is 5.91 Å². The van der Waals surface area contributed by atoms with Crippen LogP contribution in [-0.2, 0) is 4.79 Å². The summed E-state index contributed by atoms with van der Waals surface area (Å²) in [5.41, 5.74) is 6.53. The Morgan fingerprint density at radius 3 is 2.50 bits per heavy atom. The third-order valence-electron chi connectivity index (χ3n) is 1.43. The Labute approximate surface area is 83.8 Å². The number of carbonyl (C=O) groups excluding carboxylic acids is 1. The maximum atomic E-state index is 10.8. The van der Waals surface area contributed by atoms with Crippen LogP contribution in [0.15, 0.2) is 28.8 Å². The number of amides is 1. The van der Waals surface area contributed by atoms with Crippen molar-refractivity contribution >= 4 is 12.1 Å². The Morgan fingerprint density at radius 2 is 2.14 bits per heavy atom. The van der Waals surface area contributed by atoms with E-state index >= 15 is 0 Å². The number of hydrogen-bond donors (Lipinski definition) is 3. The van der Waals surface area contributed by atoms with Gasteiger partial charge in [-0.05, 0) is 6.92 Å². The molecule has 1 amide bonds. The second-order valence-corrected chi connectivity index (χ2v) is 2.56. The molecule has 0 aliphatic carbocycles. The molecule has 0 heterocycles. The van der Waals surface area contributed by atoms with Crippen molar-refractivity contribution in [3.8, 4) is 0 Å². The third-order valence-corrected chi connectivity index (χ3v) is 1.43. The second-order valence-electron chi connectivity index (χ2n) is 2.56. The third kappa shape index (κ3) is 3.75. The minimum Gasteiger partial charge on any atom is -0.394 e. The van der Waals surface area contributed by atoms with Gasteiger partial charge in [0.2, 0.25) is 5.91 Å². The minimum atomic E-state index is -0.225. The minimum absolute atomic E-state index is 0.225. The maximum Gasteiger partial charge on any atom is 0.222 e. The fourth-order valence-corrected chi connectivity index (χ4v) is 0.743. The maximum absolute atomic E-state index is 10.8. The summed E-state index contributed by atoms with van der Waals surface area (Å²) >= 11 is 0. The first-order valence-corrected chi connectivity index (χ1v) is 4.16. The highest BCUT2D eigenvalue weighted by Gasteiger charge is 2.05. The summed E-state index contributed by atoms with van der Waals surface area (Å²) in [6.45, 7) is 6.79. The van der Waals surface area contributed by atoms with Crippen LogP contribution in [0.2, 0.25) is 0 Å². The quantitative estimate of drug-likeness (QED) is 0.440. The lowest BCUT2D eigenvalue weighted by Crippen LogP contribution is -2.25. The second kappa shape index (κ2) is 5.80. The van der Waals surface area contributed by atoms with Crippen molar-refractivity contribution in [2.75, 3.05) is 7.05 Å². The molecule has 0 atom stereocenters. The molecule has 4 N–H and O–H groups in total. The molecule has 0 rings (SSSR count). The Balaban J connectivity index is 4.94. The molecule has 0 aliphatic heterocycles. The van der Waals surface area contributed by atoms with Gasteiger partial charge in [0.05, 0.1) is 11.4 Å². The van der Waals surface area contributed by atoms with Crippen LogP contribution in [0.25, 0.3) is 0 Å². The Morgan fingerprint density at radius 1 is 1.57 bits per heavy atom. The Bertz CT molecular complexity index is 291. The number of aliphatic imine (C=N–C) groups is 1. The molecule has 0 bridgehead atoms. The number of nitrogens with zero attached hydrogens (tertiary/aromatic N) is 1. The molecule has 0 aliphatic rings. The highest BCUT2D eigenvalue weighted by molar-refractivity contribution is 5.75. The molecule has 14 heavy (non-hydrogen) atoms. The summed E-state index contributed by atoms with van der Waals surface area (Å²) in [5, 5.41) is 5.29. The van der Waals surface area contributed by atoms with Crippen LogP contribution >= 0.6 is 0 Å². The lowest BCUT2D eigenvalue weighted by molar-refractivity contribution is -0.118. The van der Waals surface area contributed by atoms with E-state index in [0.29, 0.717) is 17.2 Å². The van der Waals surface area contributed by atoms with Crippen molar-refractivity contribution in [1.82, 2.24) is 10.6 Å². The number of hydrogen-bond acceptors (Lipinski definition) is 4. The molecule has 0 spiro atoms. The first-order chi connectivity index (χ1) is 6.52. The monoisotopic (exact) mass is 196 g/mol. The molecule has 78 valence electrons. The zero-order valence-corrected chi connectivity index (χ0v) is 8.72. The van der Waals surface area contributed by atoms with E-state index in [1.807, 2.05) is 0 Å². The highest BCUT2D eigenvalue weighted by atomic mass is 16.1. The molecule has 0 saturated carbocycles. The summed E-state index contributed by atoms with van der Waals surface area (Å²) in [7, 11) is 1.69. The lowest BCUT2D eigenvalue weighted by atomic mass is 10.3. The average Bonchev–Trinajstić information content (AvgIpc) is 2.14. The van der Waals surface area contributed by atoms with Gasteiger partial charge in [-0.25, -0.2) is 4.99 Å². The van der Waals surface area contributed by atoms with E-state index in [4.69, 9.17) is 5.73 Å². The SMILES string of the molecule is C=C(NC)/C(N)=C(/N=C\C)NC(C)=O. The van der Waals surface area contributed by atoms with E-state index < -0.39 is 0 Å². The molecule has 5 nitrogen and oxygen atoms in total. The molecular weight excluding hydrogens is 180 g/mol. The van der Waals surface area contributed by atoms with Crippen LogP contribution in [0.5, 0.6) is 0 Å². The van der Waals surface area contributed by atoms with Gasteiger partial charge < -0.3 is 16.4 Å². The van der Waals surface area contributed by atoms with Gasteiger partial charge in [-0.1, -0.05) is 6.58 Å². The van der Waals surface area contributed by atoms with Crippen molar-refractivity contribution in [1.29, 1.82) is 0 Å². The topological polar surface area (TPSA) is 79.5 Å². The summed E-state index contributed by atoms with van der Waals surface area (Å²) in [6.07, 6.45) is 1.54. The molecule has 0 radical (unpaired) electrons. The van der Waals surface area contributed by atoms with Crippen LogP contribution in [0.4, 0.5) is 0 Å². The normalized spacial score (nSPS) is 12.2. The van der Waals surface area contributed by atoms with E-state index in [0.717, 1.165) is 0 Å². The Kier molecular flexibility index (Phi) is 5.06. The van der Waals surface area contributed by atoms with Crippen molar-refractivity contribution in [3.63, 3.8) is 0 Å². The molecule has 0 aromatic carbocycles. The standard InChI is InChI=1S/C9H16N4O/c1-5-12-9(13-7(3)14)8(10)6(2)11-4/h5,11H,2,10H2,1,3-4H3,(H,13,14)/b9-8+,12-5-. The molecule has 0 aromatic rings. The van der Waals surface area contributed by atoms with Gasteiger partial charge in [-0.15, -0.1) is 0 Å². The zero-order valence-electron chi connectivity index (χ0n) is 8.72. The summed E-state index contributed by atoms with van der Waals surface area (Å²) in [6, 6.07) is 0. The smallest absolute Gasteiger partial charge is 0.222 e. The first kappa shape index (κ1) is 12.2. The van der Waals surface area contributed by atoms with E-state index in [2.05, 4.69) is 22.2 Å². The molecule has 0 saturated heterocycles. The predicted octanol–water partition coefficient (Wildman–Crippen LogP) is 0.0741. The first-order valence-electron chi connectivity index (χ1n) is 4.16. The van der Waals surface area contributed by atoms with Crippen molar-refractivity contribution in [3.05, 3.63) is 23.8 Å². The van der Waals surface area contributed by atoms with Gasteiger partial charge in [0.15, 0.2) is 5.82 Å². The molecular formula is C9H16N4O. The van der Waals surface area contributed by atoms with E-state index in [1.165, 1.54) is 6.92 Å². The van der Waals surface area contributed by atoms with Crippen LogP contribution < -0.4 is 16.4 Å². The van der Waals surface area contributed by atoms with Crippen LogP contribution in [0.3, 0.4) is 0 Å². The lowest BCUT2D eigenvalue weighted by Gasteiger charge is -2.09. The van der Waals surface area contributed by atoms with Crippen molar-refractivity contribution in [2.45, 2.75) is 13.8 Å². The largest absolute Gasteiger partial charge is 0.394 e. The number of likely N-dealkylation sites (N-methyl/N-ethyl adjacent to an activating group) is 1. The highest BCUT2D eigenvalue weighted by Crippen LogP contribution is 2.03. The number of rotatable bonds is 4. The molecule has 0 fully saturated rings. The van der Waals surface area contributed by atoms with Gasteiger partial charge in [0.25, 0.3) is 0 Å². The molecule has 0 unspecified atom stereocenters. The molecule has 5 heteroatoms. The molecule has 0 aromatic heterocycles.